The van der Waals surface area contributed by atoms with E-state index in [1.165, 1.54) is 4.90 Å². The summed E-state index contributed by atoms with van der Waals surface area (Å²) in [6.07, 6.45) is 2.45. The molecule has 7 nitrogen and oxygen atoms in total. The Bertz CT molecular complexity index is 1200. The molecule has 0 spiro atoms. The second kappa shape index (κ2) is 9.74. The Morgan fingerprint density at radius 1 is 1.00 bits per heavy atom. The third-order valence-electron chi connectivity index (χ3n) is 7.07. The fraction of sp³-hybridized carbons (Fsp3) is 0.481. The Morgan fingerprint density at radius 3 is 2.29 bits per heavy atom. The van der Waals surface area contributed by atoms with E-state index in [2.05, 4.69) is 0 Å². The maximum atomic E-state index is 13.0. The summed E-state index contributed by atoms with van der Waals surface area (Å²) in [7, 11) is -3.55. The number of aliphatic hydroxyl groups excluding tert-OH is 1. The summed E-state index contributed by atoms with van der Waals surface area (Å²) >= 11 is 0. The number of nitrogens with zero attached hydrogens (tertiary/aromatic N) is 1. The van der Waals surface area contributed by atoms with Gasteiger partial charge in [0.1, 0.15) is 5.75 Å². The van der Waals surface area contributed by atoms with Crippen LogP contribution in [0.15, 0.2) is 47.4 Å². The molecule has 0 saturated heterocycles. The molecule has 8 heteroatoms. The first kappa shape index (κ1) is 25.4. The van der Waals surface area contributed by atoms with Crippen molar-refractivity contribution in [1.82, 2.24) is 4.90 Å². The number of ether oxygens (including phenoxy) is 1. The molecule has 2 aromatic rings. The SMILES string of the molecule is C[C@@H]1c2ccc(OCCCCCCN3C(=O)c4ccccc4C3=O)cc2S(=O)(=O)CC(C)(C)C1O. The molecule has 0 fully saturated rings. The molecule has 2 aliphatic rings. The fourth-order valence-electron chi connectivity index (χ4n) is 5.11. The highest BCUT2D eigenvalue weighted by Crippen LogP contribution is 2.42. The van der Waals surface area contributed by atoms with Gasteiger partial charge in [-0.3, -0.25) is 14.5 Å². The quantitative estimate of drug-likeness (QED) is 0.432. The van der Waals surface area contributed by atoms with Crippen LogP contribution in [0.3, 0.4) is 0 Å². The second-order valence-electron chi connectivity index (χ2n) is 10.3. The van der Waals surface area contributed by atoms with Crippen molar-refractivity contribution >= 4 is 21.7 Å². The first-order chi connectivity index (χ1) is 16.5. The molecular formula is C27H33NO6S. The lowest BCUT2D eigenvalue weighted by atomic mass is 9.79. The van der Waals surface area contributed by atoms with Crippen LogP contribution in [0, 0.1) is 5.41 Å². The summed E-state index contributed by atoms with van der Waals surface area (Å²) in [5, 5.41) is 10.7. The monoisotopic (exact) mass is 499 g/mol. The zero-order valence-corrected chi connectivity index (χ0v) is 21.3. The molecule has 2 atom stereocenters. The molecule has 1 unspecified atom stereocenters. The molecule has 2 aliphatic heterocycles. The van der Waals surface area contributed by atoms with Gasteiger partial charge in [-0.2, -0.15) is 0 Å². The number of benzene rings is 2. The molecule has 188 valence electrons. The lowest BCUT2D eigenvalue weighted by molar-refractivity contribution is 0.0465. The van der Waals surface area contributed by atoms with Gasteiger partial charge in [-0.05, 0) is 42.7 Å². The van der Waals surface area contributed by atoms with Gasteiger partial charge in [-0.1, -0.05) is 51.8 Å². The largest absolute Gasteiger partial charge is 0.494 e. The number of sulfone groups is 1. The van der Waals surface area contributed by atoms with Crippen LogP contribution < -0.4 is 4.74 Å². The Balaban J connectivity index is 1.26. The average molecular weight is 500 g/mol. The Hall–Kier alpha value is -2.71. The highest BCUT2D eigenvalue weighted by atomic mass is 32.2. The Labute approximate surface area is 207 Å². The molecule has 4 rings (SSSR count). The number of carbonyl (C=O) groups is 2. The number of hydrogen-bond donors (Lipinski definition) is 1. The minimum absolute atomic E-state index is 0.116. The minimum atomic E-state index is -3.55. The topological polar surface area (TPSA) is 101 Å². The van der Waals surface area contributed by atoms with Crippen molar-refractivity contribution in [3.05, 3.63) is 59.2 Å². The summed E-state index contributed by atoms with van der Waals surface area (Å²) < 4.78 is 31.8. The van der Waals surface area contributed by atoms with Crippen molar-refractivity contribution in [2.45, 2.75) is 63.4 Å². The maximum absolute atomic E-state index is 13.0. The van der Waals surface area contributed by atoms with E-state index >= 15 is 0 Å². The fourth-order valence-corrected chi connectivity index (χ4v) is 7.32. The van der Waals surface area contributed by atoms with Crippen LogP contribution in [0.4, 0.5) is 0 Å². The van der Waals surface area contributed by atoms with Crippen LogP contribution in [0.5, 0.6) is 5.75 Å². The van der Waals surface area contributed by atoms with E-state index in [0.717, 1.165) is 25.7 Å². The molecule has 0 radical (unpaired) electrons. The van der Waals surface area contributed by atoms with Crippen molar-refractivity contribution in [2.75, 3.05) is 18.9 Å². The van der Waals surface area contributed by atoms with Crippen molar-refractivity contribution in [3.63, 3.8) is 0 Å². The van der Waals surface area contributed by atoms with E-state index in [-0.39, 0.29) is 28.4 Å². The van der Waals surface area contributed by atoms with E-state index in [9.17, 15) is 23.1 Å². The maximum Gasteiger partial charge on any atom is 0.261 e. The molecule has 1 N–H and O–H groups in total. The molecule has 0 bridgehead atoms. The van der Waals surface area contributed by atoms with E-state index < -0.39 is 21.4 Å². The number of unbranched alkanes of at least 4 members (excludes halogenated alkanes) is 3. The summed E-state index contributed by atoms with van der Waals surface area (Å²) in [5.41, 5.74) is 0.830. The summed E-state index contributed by atoms with van der Waals surface area (Å²) in [5.74, 6) is -0.363. The third kappa shape index (κ3) is 5.00. The van der Waals surface area contributed by atoms with Crippen LogP contribution in [-0.4, -0.2) is 55.2 Å². The van der Waals surface area contributed by atoms with Crippen LogP contribution in [0.25, 0.3) is 0 Å². The summed E-state index contributed by atoms with van der Waals surface area (Å²) in [6.45, 7) is 6.26. The van der Waals surface area contributed by atoms with Gasteiger partial charge < -0.3 is 9.84 Å². The van der Waals surface area contributed by atoms with Gasteiger partial charge in [0.2, 0.25) is 0 Å². The first-order valence-electron chi connectivity index (χ1n) is 12.2. The van der Waals surface area contributed by atoms with Gasteiger partial charge >= 0.3 is 0 Å². The normalized spacial score (nSPS) is 22.5. The number of imide groups is 1. The average Bonchev–Trinajstić information content (AvgIpc) is 3.04. The highest BCUT2D eigenvalue weighted by molar-refractivity contribution is 7.91. The molecule has 0 aliphatic carbocycles. The standard InChI is InChI=1S/C27H33NO6S/c1-18-20-13-12-19(16-23(20)35(32,33)17-27(2,3)24(18)29)34-15-9-5-4-8-14-28-25(30)21-10-6-7-11-22(21)26(28)31/h6-7,10-13,16,18,24,29H,4-5,8-9,14-15,17H2,1-3H3/t18-,24?/m1/s1. The van der Waals surface area contributed by atoms with Crippen LogP contribution >= 0.6 is 0 Å². The third-order valence-corrected chi connectivity index (χ3v) is 9.22. The van der Waals surface area contributed by atoms with Gasteiger partial charge in [-0.15, -0.1) is 0 Å². The number of rotatable bonds is 8. The Morgan fingerprint density at radius 2 is 1.63 bits per heavy atom. The lowest BCUT2D eigenvalue weighted by Crippen LogP contribution is -2.36. The van der Waals surface area contributed by atoms with Gasteiger partial charge in [-0.25, -0.2) is 8.42 Å². The number of fused-ring (bicyclic) bond motifs is 2. The summed E-state index contributed by atoms with van der Waals surface area (Å²) in [6, 6.07) is 12.0. The smallest absolute Gasteiger partial charge is 0.261 e. The van der Waals surface area contributed by atoms with Crippen LogP contribution in [0.1, 0.15) is 78.7 Å². The molecule has 2 amide bonds. The molecule has 0 saturated carbocycles. The molecule has 0 aromatic heterocycles. The van der Waals surface area contributed by atoms with E-state index in [0.29, 0.717) is 35.6 Å². The predicted molar refractivity (Wildman–Crippen MR) is 132 cm³/mol. The number of amides is 2. The summed E-state index contributed by atoms with van der Waals surface area (Å²) in [4.78, 5) is 26.4. The molecule has 2 heterocycles. The van der Waals surface area contributed by atoms with Crippen molar-refractivity contribution in [2.24, 2.45) is 5.41 Å². The zero-order valence-electron chi connectivity index (χ0n) is 20.5. The van der Waals surface area contributed by atoms with Gasteiger partial charge in [0.05, 0.1) is 34.5 Å². The number of hydrogen-bond acceptors (Lipinski definition) is 6. The zero-order chi connectivity index (χ0) is 25.4. The van der Waals surface area contributed by atoms with Crippen LogP contribution in [-0.2, 0) is 9.84 Å². The van der Waals surface area contributed by atoms with Gasteiger partial charge in [0.15, 0.2) is 9.84 Å². The predicted octanol–water partition coefficient (Wildman–Crippen LogP) is 4.20. The molecule has 2 aromatic carbocycles. The number of aliphatic hydroxyl groups is 1. The Kier molecular flexibility index (Phi) is 7.06. The van der Waals surface area contributed by atoms with E-state index in [1.807, 2.05) is 6.92 Å². The highest BCUT2D eigenvalue weighted by Gasteiger charge is 2.42. The van der Waals surface area contributed by atoms with E-state index in [4.69, 9.17) is 4.74 Å². The van der Waals surface area contributed by atoms with Gasteiger partial charge in [0.25, 0.3) is 11.8 Å². The van der Waals surface area contributed by atoms with E-state index in [1.54, 1.807) is 56.3 Å². The molecular weight excluding hydrogens is 466 g/mol. The van der Waals surface area contributed by atoms with Crippen molar-refractivity contribution < 1.29 is 27.9 Å². The van der Waals surface area contributed by atoms with Crippen LogP contribution in [0.2, 0.25) is 0 Å². The minimum Gasteiger partial charge on any atom is -0.494 e. The lowest BCUT2D eigenvalue weighted by Gasteiger charge is -2.31. The number of carbonyl (C=O) groups excluding carboxylic acids is 2. The first-order valence-corrected chi connectivity index (χ1v) is 13.8. The van der Waals surface area contributed by atoms with Crippen molar-refractivity contribution in [1.29, 1.82) is 0 Å². The van der Waals surface area contributed by atoms with Crippen molar-refractivity contribution in [3.8, 4) is 5.75 Å². The molecule has 35 heavy (non-hydrogen) atoms. The second-order valence-corrected chi connectivity index (χ2v) is 12.2. The van der Waals surface area contributed by atoms with Gasteiger partial charge in [0, 0.05) is 17.9 Å².